The summed E-state index contributed by atoms with van der Waals surface area (Å²) in [6, 6.07) is 8.59. The Bertz CT molecular complexity index is 477. The standard InChI is InChI=1S/C17H26N2O2/c1-13-11-19(12-14(2)18(13)4)9-10-21-17-8-6-5-7-16(17)15(3)20/h5-8,13-14H,9-12H2,1-4H3. The molecule has 0 amide bonds. The molecule has 1 heterocycles. The van der Waals surface area contributed by atoms with Crippen LogP contribution in [0.5, 0.6) is 5.75 Å². The number of benzene rings is 1. The zero-order valence-corrected chi connectivity index (χ0v) is 13.5. The lowest BCUT2D eigenvalue weighted by Crippen LogP contribution is -2.55. The maximum absolute atomic E-state index is 11.6. The van der Waals surface area contributed by atoms with E-state index in [2.05, 4.69) is 30.7 Å². The van der Waals surface area contributed by atoms with E-state index in [1.54, 1.807) is 6.92 Å². The lowest BCUT2D eigenvalue weighted by Gasteiger charge is -2.42. The largest absolute Gasteiger partial charge is 0.491 e. The van der Waals surface area contributed by atoms with Crippen LogP contribution < -0.4 is 4.74 Å². The average molecular weight is 290 g/mol. The van der Waals surface area contributed by atoms with E-state index in [0.29, 0.717) is 30.0 Å². The van der Waals surface area contributed by atoms with Crippen LogP contribution in [0.15, 0.2) is 24.3 Å². The van der Waals surface area contributed by atoms with Gasteiger partial charge in [-0.2, -0.15) is 0 Å². The third kappa shape index (κ3) is 4.05. The predicted molar refractivity (Wildman–Crippen MR) is 85.1 cm³/mol. The van der Waals surface area contributed by atoms with E-state index in [4.69, 9.17) is 4.74 Å². The van der Waals surface area contributed by atoms with Crippen molar-refractivity contribution in [1.82, 2.24) is 9.80 Å². The number of nitrogens with zero attached hydrogens (tertiary/aromatic N) is 2. The lowest BCUT2D eigenvalue weighted by molar-refractivity contribution is 0.0521. The highest BCUT2D eigenvalue weighted by Gasteiger charge is 2.26. The molecule has 116 valence electrons. The van der Waals surface area contributed by atoms with Crippen molar-refractivity contribution < 1.29 is 9.53 Å². The normalized spacial score (nSPS) is 24.0. The van der Waals surface area contributed by atoms with Gasteiger partial charge in [-0.15, -0.1) is 0 Å². The first kappa shape index (κ1) is 16.0. The molecule has 1 aliphatic rings. The third-order valence-corrected chi connectivity index (χ3v) is 4.37. The molecular formula is C17H26N2O2. The summed E-state index contributed by atoms with van der Waals surface area (Å²) in [5, 5.41) is 0. The molecule has 0 aromatic heterocycles. The van der Waals surface area contributed by atoms with E-state index in [-0.39, 0.29) is 5.78 Å². The van der Waals surface area contributed by atoms with Crippen LogP contribution >= 0.6 is 0 Å². The van der Waals surface area contributed by atoms with E-state index < -0.39 is 0 Å². The van der Waals surface area contributed by atoms with E-state index in [9.17, 15) is 4.79 Å². The Kier molecular flexibility index (Phi) is 5.37. The van der Waals surface area contributed by atoms with Crippen molar-refractivity contribution in [3.63, 3.8) is 0 Å². The van der Waals surface area contributed by atoms with Crippen LogP contribution in [0.3, 0.4) is 0 Å². The van der Waals surface area contributed by atoms with Crippen molar-refractivity contribution in [3.05, 3.63) is 29.8 Å². The monoisotopic (exact) mass is 290 g/mol. The van der Waals surface area contributed by atoms with Gasteiger partial charge in [0.05, 0.1) is 5.56 Å². The molecule has 0 aliphatic carbocycles. The molecule has 0 N–H and O–H groups in total. The Morgan fingerprint density at radius 3 is 2.48 bits per heavy atom. The van der Waals surface area contributed by atoms with Gasteiger partial charge in [0, 0.05) is 31.7 Å². The highest BCUT2D eigenvalue weighted by Crippen LogP contribution is 2.19. The van der Waals surface area contributed by atoms with E-state index in [1.807, 2.05) is 24.3 Å². The van der Waals surface area contributed by atoms with Gasteiger partial charge in [0.2, 0.25) is 0 Å². The van der Waals surface area contributed by atoms with Gasteiger partial charge in [-0.3, -0.25) is 14.6 Å². The highest BCUT2D eigenvalue weighted by atomic mass is 16.5. The smallest absolute Gasteiger partial charge is 0.163 e. The van der Waals surface area contributed by atoms with Crippen molar-refractivity contribution in [1.29, 1.82) is 0 Å². The Balaban J connectivity index is 1.86. The van der Waals surface area contributed by atoms with Crippen molar-refractivity contribution in [2.75, 3.05) is 33.3 Å². The number of para-hydroxylation sites is 1. The van der Waals surface area contributed by atoms with Crippen molar-refractivity contribution in [3.8, 4) is 5.75 Å². The summed E-state index contributed by atoms with van der Waals surface area (Å²) in [5.74, 6) is 0.743. The molecule has 1 aromatic rings. The second kappa shape index (κ2) is 7.05. The molecule has 1 saturated heterocycles. The van der Waals surface area contributed by atoms with E-state index in [1.165, 1.54) is 0 Å². The zero-order valence-electron chi connectivity index (χ0n) is 13.5. The number of ketones is 1. The molecule has 2 rings (SSSR count). The van der Waals surface area contributed by atoms with Gasteiger partial charge in [0.25, 0.3) is 0 Å². The van der Waals surface area contributed by atoms with Crippen LogP contribution in [-0.4, -0.2) is 61.0 Å². The molecule has 2 atom stereocenters. The van der Waals surface area contributed by atoms with Crippen LogP contribution in [-0.2, 0) is 0 Å². The summed E-state index contributed by atoms with van der Waals surface area (Å²) in [7, 11) is 2.19. The quantitative estimate of drug-likeness (QED) is 0.779. The Labute approximate surface area is 127 Å². The Morgan fingerprint density at radius 2 is 1.86 bits per heavy atom. The topological polar surface area (TPSA) is 32.8 Å². The number of Topliss-reactive ketones (excluding diaryl/α,β-unsaturated/α-hetero) is 1. The Morgan fingerprint density at radius 1 is 1.24 bits per heavy atom. The number of ether oxygens (including phenoxy) is 1. The third-order valence-electron chi connectivity index (χ3n) is 4.37. The first-order valence-corrected chi connectivity index (χ1v) is 7.66. The number of rotatable bonds is 5. The average Bonchev–Trinajstić information content (AvgIpc) is 2.45. The molecule has 21 heavy (non-hydrogen) atoms. The molecular weight excluding hydrogens is 264 g/mol. The van der Waals surface area contributed by atoms with Crippen LogP contribution in [0.4, 0.5) is 0 Å². The number of carbonyl (C=O) groups is 1. The van der Waals surface area contributed by atoms with Gasteiger partial charge in [0.1, 0.15) is 12.4 Å². The SMILES string of the molecule is CC(=O)c1ccccc1OCCN1CC(C)N(C)C(C)C1. The second-order valence-electron chi connectivity index (χ2n) is 6.02. The van der Waals surface area contributed by atoms with Crippen LogP contribution in [0, 0.1) is 0 Å². The lowest BCUT2D eigenvalue weighted by atomic mass is 10.1. The van der Waals surface area contributed by atoms with Gasteiger partial charge in [0.15, 0.2) is 5.78 Å². The number of piperazine rings is 1. The van der Waals surface area contributed by atoms with Crippen molar-refractivity contribution in [2.24, 2.45) is 0 Å². The van der Waals surface area contributed by atoms with Gasteiger partial charge >= 0.3 is 0 Å². The number of carbonyl (C=O) groups excluding carboxylic acids is 1. The maximum Gasteiger partial charge on any atom is 0.163 e. The van der Waals surface area contributed by atoms with Gasteiger partial charge in [-0.05, 0) is 40.0 Å². The fourth-order valence-electron chi connectivity index (χ4n) is 2.86. The predicted octanol–water partition coefficient (Wildman–Crippen LogP) is 2.29. The fraction of sp³-hybridized carbons (Fsp3) is 0.588. The number of hydrogen-bond donors (Lipinski definition) is 0. The second-order valence-corrected chi connectivity index (χ2v) is 6.02. The molecule has 0 radical (unpaired) electrons. The molecule has 0 saturated carbocycles. The summed E-state index contributed by atoms with van der Waals surface area (Å²) in [6.07, 6.45) is 0. The minimum absolute atomic E-state index is 0.0486. The molecule has 1 aromatic carbocycles. The first-order valence-electron chi connectivity index (χ1n) is 7.66. The minimum Gasteiger partial charge on any atom is -0.491 e. The van der Waals surface area contributed by atoms with E-state index in [0.717, 1.165) is 19.6 Å². The molecule has 0 bridgehead atoms. The van der Waals surface area contributed by atoms with E-state index >= 15 is 0 Å². The van der Waals surface area contributed by atoms with Gasteiger partial charge in [-0.1, -0.05) is 12.1 Å². The van der Waals surface area contributed by atoms with Gasteiger partial charge in [-0.25, -0.2) is 0 Å². The summed E-state index contributed by atoms with van der Waals surface area (Å²) in [5.41, 5.74) is 0.664. The Hall–Kier alpha value is -1.39. The summed E-state index contributed by atoms with van der Waals surface area (Å²) >= 11 is 0. The molecule has 2 unspecified atom stereocenters. The summed E-state index contributed by atoms with van der Waals surface area (Å²) in [4.78, 5) is 16.4. The minimum atomic E-state index is 0.0486. The van der Waals surface area contributed by atoms with Crippen LogP contribution in [0.25, 0.3) is 0 Å². The summed E-state index contributed by atoms with van der Waals surface area (Å²) in [6.45, 7) is 9.74. The van der Waals surface area contributed by atoms with Crippen LogP contribution in [0.1, 0.15) is 31.1 Å². The fourth-order valence-corrected chi connectivity index (χ4v) is 2.86. The number of hydrogen-bond acceptors (Lipinski definition) is 4. The molecule has 4 nitrogen and oxygen atoms in total. The summed E-state index contributed by atoms with van der Waals surface area (Å²) < 4.78 is 5.82. The van der Waals surface area contributed by atoms with Crippen molar-refractivity contribution >= 4 is 5.78 Å². The zero-order chi connectivity index (χ0) is 15.4. The maximum atomic E-state index is 11.6. The molecule has 0 spiro atoms. The number of likely N-dealkylation sites (N-methyl/N-ethyl adjacent to an activating group) is 1. The molecule has 4 heteroatoms. The molecule has 1 fully saturated rings. The highest BCUT2D eigenvalue weighted by molar-refractivity contribution is 5.96. The van der Waals surface area contributed by atoms with Gasteiger partial charge < -0.3 is 4.74 Å². The van der Waals surface area contributed by atoms with Crippen LogP contribution in [0.2, 0.25) is 0 Å². The molecule has 1 aliphatic heterocycles. The first-order chi connectivity index (χ1) is 9.99. The van der Waals surface area contributed by atoms with Crippen molar-refractivity contribution in [2.45, 2.75) is 32.9 Å².